The maximum absolute atomic E-state index is 14.2. The molecule has 6 nitrogen and oxygen atoms in total. The summed E-state index contributed by atoms with van der Waals surface area (Å²) < 4.78 is 46.8. The monoisotopic (exact) mass is 384 g/mol. The molecule has 0 bridgehead atoms. The van der Waals surface area contributed by atoms with Gasteiger partial charge in [-0.25, -0.2) is 17.5 Å². The molecule has 1 aromatic carbocycles. The van der Waals surface area contributed by atoms with Crippen molar-refractivity contribution < 1.29 is 22.3 Å². The Morgan fingerprint density at radius 1 is 1.15 bits per heavy atom. The number of hydrogen-bond acceptors (Lipinski definition) is 4. The van der Waals surface area contributed by atoms with Gasteiger partial charge in [0.1, 0.15) is 0 Å². The van der Waals surface area contributed by atoms with Gasteiger partial charge in [-0.15, -0.1) is 0 Å². The van der Waals surface area contributed by atoms with Gasteiger partial charge >= 0.3 is 0 Å². The highest BCUT2D eigenvalue weighted by Gasteiger charge is 2.23. The average molecular weight is 384 g/mol. The van der Waals surface area contributed by atoms with Crippen LogP contribution in [0.4, 0.5) is 4.39 Å². The van der Waals surface area contributed by atoms with Gasteiger partial charge in [0.2, 0.25) is 15.9 Å². The van der Waals surface area contributed by atoms with Gasteiger partial charge in [-0.05, 0) is 63.1 Å². The minimum absolute atomic E-state index is 0.00718. The summed E-state index contributed by atoms with van der Waals surface area (Å²) in [4.78, 5) is 13.5. The molecule has 0 spiro atoms. The largest absolute Gasteiger partial charge is 0.487 e. The molecule has 0 atom stereocenters. The predicted octanol–water partition coefficient (Wildman–Crippen LogP) is 2.44. The standard InChI is InChI=1S/C18H25FN2O4S/c19-16-12-15(8-9-17(16)25-14-6-2-3-7-14)26(23,24)20-13-18(22)21-10-4-1-5-11-21/h8-9,12,14,20H,1-7,10-11,13H2. The molecule has 0 unspecified atom stereocenters. The second kappa shape index (κ2) is 8.35. The molecule has 1 N–H and O–H groups in total. The van der Waals surface area contributed by atoms with Crippen LogP contribution in [-0.2, 0) is 14.8 Å². The third-order valence-corrected chi connectivity index (χ3v) is 6.33. The molecule has 26 heavy (non-hydrogen) atoms. The number of carbonyl (C=O) groups is 1. The first-order valence-electron chi connectivity index (χ1n) is 9.19. The fourth-order valence-corrected chi connectivity index (χ4v) is 4.41. The van der Waals surface area contributed by atoms with Crippen molar-refractivity contribution in [3.8, 4) is 5.75 Å². The molecule has 1 saturated carbocycles. The summed E-state index contributed by atoms with van der Waals surface area (Å²) in [5.41, 5.74) is 0. The normalized spacial score (nSPS) is 18.9. The van der Waals surface area contributed by atoms with Crippen molar-refractivity contribution >= 4 is 15.9 Å². The average Bonchev–Trinajstić information content (AvgIpc) is 3.15. The number of carbonyl (C=O) groups excluding carboxylic acids is 1. The molecule has 3 rings (SSSR count). The zero-order valence-electron chi connectivity index (χ0n) is 14.7. The zero-order chi connectivity index (χ0) is 18.6. The molecule has 1 aliphatic carbocycles. The Hall–Kier alpha value is -1.67. The van der Waals surface area contributed by atoms with Crippen molar-refractivity contribution in [1.82, 2.24) is 9.62 Å². The van der Waals surface area contributed by atoms with Gasteiger partial charge in [-0.1, -0.05) is 0 Å². The van der Waals surface area contributed by atoms with E-state index in [1.165, 1.54) is 12.1 Å². The summed E-state index contributed by atoms with van der Waals surface area (Å²) in [7, 11) is -3.95. The van der Waals surface area contributed by atoms with Gasteiger partial charge < -0.3 is 9.64 Å². The van der Waals surface area contributed by atoms with Crippen molar-refractivity contribution in [2.75, 3.05) is 19.6 Å². The van der Waals surface area contributed by atoms with E-state index in [1.54, 1.807) is 4.90 Å². The molecule has 0 radical (unpaired) electrons. The van der Waals surface area contributed by atoms with Crippen molar-refractivity contribution in [2.24, 2.45) is 0 Å². The second-order valence-electron chi connectivity index (χ2n) is 6.88. The number of sulfonamides is 1. The Bertz CT molecular complexity index is 742. The van der Waals surface area contributed by atoms with Crippen LogP contribution in [0.25, 0.3) is 0 Å². The van der Waals surface area contributed by atoms with Crippen LogP contribution in [0.2, 0.25) is 0 Å². The zero-order valence-corrected chi connectivity index (χ0v) is 15.6. The van der Waals surface area contributed by atoms with Crippen LogP contribution < -0.4 is 9.46 Å². The first-order valence-corrected chi connectivity index (χ1v) is 10.7. The fraction of sp³-hybridized carbons (Fsp3) is 0.611. The maximum atomic E-state index is 14.2. The number of ether oxygens (including phenoxy) is 1. The smallest absolute Gasteiger partial charge is 0.241 e. The van der Waals surface area contributed by atoms with E-state index >= 15 is 0 Å². The van der Waals surface area contributed by atoms with Crippen molar-refractivity contribution in [2.45, 2.75) is 55.9 Å². The number of rotatable bonds is 6. The number of halogens is 1. The number of nitrogens with one attached hydrogen (secondary N) is 1. The number of hydrogen-bond donors (Lipinski definition) is 1. The summed E-state index contributed by atoms with van der Waals surface area (Å²) in [6.45, 7) is 0.995. The van der Waals surface area contributed by atoms with Crippen LogP contribution in [-0.4, -0.2) is 45.0 Å². The topological polar surface area (TPSA) is 75.7 Å². The number of piperidine rings is 1. The van der Waals surface area contributed by atoms with Crippen molar-refractivity contribution in [3.63, 3.8) is 0 Å². The quantitative estimate of drug-likeness (QED) is 0.817. The van der Waals surface area contributed by atoms with E-state index in [4.69, 9.17) is 4.74 Å². The maximum Gasteiger partial charge on any atom is 0.241 e. The lowest BCUT2D eigenvalue weighted by Gasteiger charge is -2.26. The summed E-state index contributed by atoms with van der Waals surface area (Å²) in [6.07, 6.45) is 6.86. The Labute approximate surface area is 153 Å². The molecule has 1 saturated heterocycles. The Morgan fingerprint density at radius 2 is 1.85 bits per heavy atom. The lowest BCUT2D eigenvalue weighted by molar-refractivity contribution is -0.130. The van der Waals surface area contributed by atoms with Gasteiger partial charge in [0.05, 0.1) is 17.5 Å². The third-order valence-electron chi connectivity index (χ3n) is 4.93. The lowest BCUT2D eigenvalue weighted by Crippen LogP contribution is -2.42. The van der Waals surface area contributed by atoms with Crippen LogP contribution in [0.3, 0.4) is 0 Å². The van der Waals surface area contributed by atoms with E-state index < -0.39 is 15.8 Å². The first-order chi connectivity index (χ1) is 12.5. The summed E-state index contributed by atoms with van der Waals surface area (Å²) in [5, 5.41) is 0. The minimum Gasteiger partial charge on any atom is -0.487 e. The number of benzene rings is 1. The van der Waals surface area contributed by atoms with E-state index in [0.717, 1.165) is 51.0 Å². The van der Waals surface area contributed by atoms with Crippen molar-refractivity contribution in [1.29, 1.82) is 0 Å². The minimum atomic E-state index is -3.95. The summed E-state index contributed by atoms with van der Waals surface area (Å²) in [6, 6.07) is 3.59. The lowest BCUT2D eigenvalue weighted by atomic mass is 10.1. The molecule has 0 aromatic heterocycles. The van der Waals surface area contributed by atoms with Gasteiger partial charge in [0, 0.05) is 13.1 Å². The Balaban J connectivity index is 1.61. The number of likely N-dealkylation sites (tertiary alicyclic amines) is 1. The van der Waals surface area contributed by atoms with Crippen LogP contribution >= 0.6 is 0 Å². The Kier molecular flexibility index (Phi) is 6.13. The van der Waals surface area contributed by atoms with E-state index in [-0.39, 0.29) is 29.2 Å². The molecule has 1 aliphatic heterocycles. The highest BCUT2D eigenvalue weighted by atomic mass is 32.2. The molecule has 144 valence electrons. The van der Waals surface area contributed by atoms with E-state index in [9.17, 15) is 17.6 Å². The molecule has 8 heteroatoms. The fourth-order valence-electron chi connectivity index (χ4n) is 3.43. The summed E-state index contributed by atoms with van der Waals surface area (Å²) in [5.74, 6) is -0.891. The number of nitrogens with zero attached hydrogens (tertiary/aromatic N) is 1. The molecule has 1 aromatic rings. The first kappa shape index (κ1) is 19.1. The van der Waals surface area contributed by atoms with E-state index in [0.29, 0.717) is 13.1 Å². The number of amides is 1. The highest BCUT2D eigenvalue weighted by molar-refractivity contribution is 7.89. The molecular weight excluding hydrogens is 359 g/mol. The second-order valence-corrected chi connectivity index (χ2v) is 8.65. The highest BCUT2D eigenvalue weighted by Crippen LogP contribution is 2.27. The van der Waals surface area contributed by atoms with Crippen molar-refractivity contribution in [3.05, 3.63) is 24.0 Å². The summed E-state index contributed by atoms with van der Waals surface area (Å²) >= 11 is 0. The van der Waals surface area contributed by atoms with Gasteiger partial charge in [0.15, 0.2) is 11.6 Å². The van der Waals surface area contributed by atoms with Crippen LogP contribution in [0.1, 0.15) is 44.9 Å². The van der Waals surface area contributed by atoms with Gasteiger partial charge in [-0.2, -0.15) is 0 Å². The molecular formula is C18H25FN2O4S. The molecule has 2 aliphatic rings. The van der Waals surface area contributed by atoms with E-state index in [2.05, 4.69) is 4.72 Å². The van der Waals surface area contributed by atoms with Crippen LogP contribution in [0.5, 0.6) is 5.75 Å². The molecule has 1 amide bonds. The molecule has 2 fully saturated rings. The van der Waals surface area contributed by atoms with Crippen LogP contribution in [0.15, 0.2) is 23.1 Å². The predicted molar refractivity (Wildman–Crippen MR) is 94.9 cm³/mol. The Morgan fingerprint density at radius 3 is 2.50 bits per heavy atom. The SMILES string of the molecule is O=C(CNS(=O)(=O)c1ccc(OC2CCCC2)c(F)c1)N1CCCCC1. The van der Waals surface area contributed by atoms with Gasteiger partial charge in [0.25, 0.3) is 0 Å². The van der Waals surface area contributed by atoms with E-state index in [1.807, 2.05) is 0 Å². The van der Waals surface area contributed by atoms with Crippen LogP contribution in [0, 0.1) is 5.82 Å². The van der Waals surface area contributed by atoms with Gasteiger partial charge in [-0.3, -0.25) is 4.79 Å². The molecule has 1 heterocycles. The third kappa shape index (κ3) is 4.73.